The molecular formula is C26H31F3N4O. The molecule has 1 aromatic heterocycles. The van der Waals surface area contributed by atoms with Gasteiger partial charge in [0.1, 0.15) is 5.69 Å². The minimum atomic E-state index is -4.44. The number of benzene rings is 2. The maximum absolute atomic E-state index is 13.3. The van der Waals surface area contributed by atoms with Crippen LogP contribution in [0.1, 0.15) is 23.8 Å². The van der Waals surface area contributed by atoms with Gasteiger partial charge >= 0.3 is 6.18 Å². The molecule has 0 spiro atoms. The van der Waals surface area contributed by atoms with Crippen molar-refractivity contribution in [3.8, 4) is 11.3 Å². The summed E-state index contributed by atoms with van der Waals surface area (Å²) in [6.45, 7) is 11.3. The van der Waals surface area contributed by atoms with E-state index in [4.69, 9.17) is 4.52 Å². The van der Waals surface area contributed by atoms with Gasteiger partial charge in [-0.05, 0) is 31.7 Å². The third-order valence-corrected chi connectivity index (χ3v) is 6.40. The molecule has 0 saturated carbocycles. The van der Waals surface area contributed by atoms with Gasteiger partial charge in [-0.1, -0.05) is 48.0 Å². The standard InChI is InChI=1S/C26H31F3N4O/c1-3-31(12-13-32-14-16-33(17-15-32)21-10-8-20(2)9-11-21)19-22-18-25(30-34-22)23-6-4-5-7-24(23)26(27,28)29/h4-11,18H,3,12-17,19H2,1-2H3. The number of hydrogen-bond acceptors (Lipinski definition) is 5. The summed E-state index contributed by atoms with van der Waals surface area (Å²) < 4.78 is 45.4. The van der Waals surface area contributed by atoms with Crippen LogP contribution in [0.15, 0.2) is 59.1 Å². The van der Waals surface area contributed by atoms with Gasteiger partial charge < -0.3 is 9.42 Å². The Hall–Kier alpha value is -2.84. The van der Waals surface area contributed by atoms with Crippen LogP contribution < -0.4 is 4.90 Å². The van der Waals surface area contributed by atoms with Crippen molar-refractivity contribution in [2.24, 2.45) is 0 Å². The SMILES string of the molecule is CCN(CCN1CCN(c2ccc(C)cc2)CC1)Cc1cc(-c2ccccc2C(F)(F)F)no1. The number of aromatic nitrogens is 1. The van der Waals surface area contributed by atoms with Crippen molar-refractivity contribution in [1.29, 1.82) is 0 Å². The second-order valence-electron chi connectivity index (χ2n) is 8.75. The van der Waals surface area contributed by atoms with Crippen molar-refractivity contribution in [2.75, 3.05) is 50.7 Å². The molecule has 1 saturated heterocycles. The average Bonchev–Trinajstić information content (AvgIpc) is 3.30. The van der Waals surface area contributed by atoms with Crippen LogP contribution in [0.2, 0.25) is 0 Å². The van der Waals surface area contributed by atoms with E-state index in [1.807, 2.05) is 0 Å². The highest BCUT2D eigenvalue weighted by Crippen LogP contribution is 2.36. The van der Waals surface area contributed by atoms with Crippen molar-refractivity contribution >= 4 is 5.69 Å². The lowest BCUT2D eigenvalue weighted by Gasteiger charge is -2.37. The Balaban J connectivity index is 1.30. The molecule has 1 fully saturated rings. The van der Waals surface area contributed by atoms with E-state index in [1.54, 1.807) is 12.1 Å². The second kappa shape index (κ2) is 10.6. The van der Waals surface area contributed by atoms with Crippen LogP contribution in [-0.4, -0.2) is 60.8 Å². The van der Waals surface area contributed by atoms with Crippen molar-refractivity contribution in [2.45, 2.75) is 26.6 Å². The zero-order valence-electron chi connectivity index (χ0n) is 19.7. The van der Waals surface area contributed by atoms with Crippen LogP contribution in [0.25, 0.3) is 11.3 Å². The van der Waals surface area contributed by atoms with Crippen LogP contribution in [0.3, 0.4) is 0 Å². The molecule has 5 nitrogen and oxygen atoms in total. The van der Waals surface area contributed by atoms with Crippen molar-refractivity contribution in [3.05, 3.63) is 71.5 Å². The fraction of sp³-hybridized carbons (Fsp3) is 0.423. The lowest BCUT2D eigenvalue weighted by molar-refractivity contribution is -0.137. The number of halogens is 3. The summed E-state index contributed by atoms with van der Waals surface area (Å²) in [5, 5.41) is 3.92. The summed E-state index contributed by atoms with van der Waals surface area (Å²) in [6, 6.07) is 15.7. The van der Waals surface area contributed by atoms with Crippen LogP contribution in [0, 0.1) is 6.92 Å². The van der Waals surface area contributed by atoms with Gasteiger partial charge in [-0.15, -0.1) is 0 Å². The quantitative estimate of drug-likeness (QED) is 0.444. The fourth-order valence-electron chi connectivity index (χ4n) is 4.31. The number of nitrogens with zero attached hydrogens (tertiary/aromatic N) is 4. The Labute approximate surface area is 198 Å². The van der Waals surface area contributed by atoms with Gasteiger partial charge in [0.25, 0.3) is 0 Å². The maximum Gasteiger partial charge on any atom is 0.417 e. The highest BCUT2D eigenvalue weighted by molar-refractivity contribution is 5.64. The zero-order chi connectivity index (χ0) is 24.1. The minimum Gasteiger partial charge on any atom is -0.369 e. The normalized spacial score (nSPS) is 15.3. The molecule has 2 heterocycles. The first-order valence-electron chi connectivity index (χ1n) is 11.7. The third kappa shape index (κ3) is 5.98. The molecule has 0 aliphatic carbocycles. The highest BCUT2D eigenvalue weighted by atomic mass is 19.4. The lowest BCUT2D eigenvalue weighted by Crippen LogP contribution is -2.48. The zero-order valence-corrected chi connectivity index (χ0v) is 19.7. The Bertz CT molecular complexity index is 1060. The molecule has 2 aromatic carbocycles. The molecule has 4 rings (SSSR count). The summed E-state index contributed by atoms with van der Waals surface area (Å²) in [7, 11) is 0. The Morgan fingerprint density at radius 3 is 2.38 bits per heavy atom. The largest absolute Gasteiger partial charge is 0.417 e. The molecule has 1 aliphatic rings. The number of alkyl halides is 3. The molecule has 34 heavy (non-hydrogen) atoms. The van der Waals surface area contributed by atoms with Gasteiger partial charge in [0.2, 0.25) is 0 Å². The fourth-order valence-corrected chi connectivity index (χ4v) is 4.31. The average molecular weight is 473 g/mol. The molecule has 182 valence electrons. The molecule has 1 aliphatic heterocycles. The van der Waals surface area contributed by atoms with E-state index in [-0.39, 0.29) is 11.3 Å². The van der Waals surface area contributed by atoms with Crippen molar-refractivity contribution < 1.29 is 17.7 Å². The van der Waals surface area contributed by atoms with Gasteiger partial charge in [0.05, 0.1) is 12.1 Å². The number of aryl methyl sites for hydroxylation is 1. The van der Waals surface area contributed by atoms with Gasteiger partial charge in [-0.3, -0.25) is 9.80 Å². The van der Waals surface area contributed by atoms with Crippen LogP contribution in [-0.2, 0) is 12.7 Å². The molecule has 0 N–H and O–H groups in total. The Morgan fingerprint density at radius 2 is 1.71 bits per heavy atom. The van der Waals surface area contributed by atoms with E-state index in [0.29, 0.717) is 12.3 Å². The number of hydrogen-bond donors (Lipinski definition) is 0. The van der Waals surface area contributed by atoms with Crippen LogP contribution in [0.5, 0.6) is 0 Å². The monoisotopic (exact) mass is 472 g/mol. The van der Waals surface area contributed by atoms with E-state index >= 15 is 0 Å². The lowest BCUT2D eigenvalue weighted by atomic mass is 10.0. The topological polar surface area (TPSA) is 35.8 Å². The van der Waals surface area contributed by atoms with Gasteiger partial charge in [0, 0.05) is 56.6 Å². The summed E-state index contributed by atoms with van der Waals surface area (Å²) in [5.74, 6) is 0.568. The molecule has 0 amide bonds. The smallest absolute Gasteiger partial charge is 0.369 e. The summed E-state index contributed by atoms with van der Waals surface area (Å²) in [5.41, 5.74) is 2.09. The summed E-state index contributed by atoms with van der Waals surface area (Å²) in [4.78, 5) is 7.10. The van der Waals surface area contributed by atoms with E-state index in [2.05, 4.69) is 58.0 Å². The van der Waals surface area contributed by atoms with Crippen molar-refractivity contribution in [1.82, 2.24) is 15.0 Å². The summed E-state index contributed by atoms with van der Waals surface area (Å²) >= 11 is 0. The molecule has 0 bridgehead atoms. The predicted molar refractivity (Wildman–Crippen MR) is 128 cm³/mol. The Kier molecular flexibility index (Phi) is 7.58. The van der Waals surface area contributed by atoms with E-state index < -0.39 is 11.7 Å². The summed E-state index contributed by atoms with van der Waals surface area (Å²) in [6.07, 6.45) is -4.44. The number of piperazine rings is 1. The van der Waals surface area contributed by atoms with Gasteiger partial charge in [-0.25, -0.2) is 0 Å². The predicted octanol–water partition coefficient (Wildman–Crippen LogP) is 5.31. The molecule has 0 radical (unpaired) electrons. The van der Waals surface area contributed by atoms with E-state index in [1.165, 1.54) is 23.4 Å². The van der Waals surface area contributed by atoms with E-state index in [9.17, 15) is 13.2 Å². The van der Waals surface area contributed by atoms with Gasteiger partial charge in [0.15, 0.2) is 5.76 Å². The van der Waals surface area contributed by atoms with E-state index in [0.717, 1.165) is 51.9 Å². The first-order valence-corrected chi connectivity index (χ1v) is 11.7. The molecular weight excluding hydrogens is 441 g/mol. The number of rotatable bonds is 8. The number of likely N-dealkylation sites (N-methyl/N-ethyl adjacent to an activating group) is 1. The van der Waals surface area contributed by atoms with Crippen LogP contribution in [0.4, 0.5) is 18.9 Å². The molecule has 0 atom stereocenters. The molecule has 3 aromatic rings. The second-order valence-corrected chi connectivity index (χ2v) is 8.75. The third-order valence-electron chi connectivity index (χ3n) is 6.40. The first-order chi connectivity index (χ1) is 16.3. The van der Waals surface area contributed by atoms with Crippen LogP contribution >= 0.6 is 0 Å². The van der Waals surface area contributed by atoms with Gasteiger partial charge in [-0.2, -0.15) is 13.2 Å². The Morgan fingerprint density at radius 1 is 1.00 bits per heavy atom. The van der Waals surface area contributed by atoms with Crippen molar-refractivity contribution in [3.63, 3.8) is 0 Å². The highest BCUT2D eigenvalue weighted by Gasteiger charge is 2.34. The minimum absolute atomic E-state index is 0.0412. The molecule has 0 unspecified atom stereocenters. The number of anilines is 1. The maximum atomic E-state index is 13.3. The molecule has 8 heteroatoms. The first kappa shape index (κ1) is 24.3.